The summed E-state index contributed by atoms with van der Waals surface area (Å²) in [6, 6.07) is 10.8. The van der Waals surface area contributed by atoms with E-state index >= 15 is 0 Å². The minimum Gasteiger partial charge on any atom is -0.511 e. The SMILES string of the molecule is CC(=O)c1cccc(/C=C2\c3cccc(O)c3C(=O)C3=C(O)C4(O)C(=O)C(C(N)=O)=C(O)CC4C(O)C32)c1. The Balaban J connectivity index is 1.81. The number of aliphatic hydroxyl groups is 4. The van der Waals surface area contributed by atoms with E-state index in [-0.39, 0.29) is 22.5 Å². The molecule has 0 saturated carbocycles. The van der Waals surface area contributed by atoms with Crippen molar-refractivity contribution in [2.75, 3.05) is 0 Å². The Morgan fingerprint density at radius 1 is 1.08 bits per heavy atom. The molecule has 4 unspecified atom stereocenters. The van der Waals surface area contributed by atoms with E-state index in [2.05, 4.69) is 0 Å². The molecule has 3 aliphatic rings. The quantitative estimate of drug-likeness (QED) is 0.260. The number of nitrogens with two attached hydrogens (primary N) is 1. The molecule has 3 aliphatic carbocycles. The molecule has 0 fully saturated rings. The highest BCUT2D eigenvalue weighted by molar-refractivity contribution is 6.25. The van der Waals surface area contributed by atoms with Gasteiger partial charge in [-0.3, -0.25) is 19.2 Å². The smallest absolute Gasteiger partial charge is 0.255 e. The molecular weight excluding hydrogens is 494 g/mol. The van der Waals surface area contributed by atoms with Crippen LogP contribution in [0.4, 0.5) is 0 Å². The second-order valence-corrected chi connectivity index (χ2v) is 9.63. The summed E-state index contributed by atoms with van der Waals surface area (Å²) in [6.45, 7) is 1.39. The molecule has 0 radical (unpaired) electrons. The van der Waals surface area contributed by atoms with Crippen LogP contribution in [0.15, 0.2) is 65.1 Å². The van der Waals surface area contributed by atoms with Crippen LogP contribution in [-0.2, 0) is 9.59 Å². The molecule has 2 aromatic rings. The van der Waals surface area contributed by atoms with Crippen molar-refractivity contribution in [1.29, 1.82) is 0 Å². The molecule has 2 aromatic carbocycles. The van der Waals surface area contributed by atoms with E-state index in [0.717, 1.165) is 0 Å². The summed E-state index contributed by atoms with van der Waals surface area (Å²) in [7, 11) is 0. The number of aromatic hydroxyl groups is 1. The fourth-order valence-corrected chi connectivity index (χ4v) is 5.71. The van der Waals surface area contributed by atoms with Crippen molar-refractivity contribution in [2.24, 2.45) is 17.6 Å². The third kappa shape index (κ3) is 3.34. The summed E-state index contributed by atoms with van der Waals surface area (Å²) in [4.78, 5) is 50.6. The summed E-state index contributed by atoms with van der Waals surface area (Å²) in [5.74, 6) is -9.09. The van der Waals surface area contributed by atoms with Gasteiger partial charge in [-0.25, -0.2) is 0 Å². The van der Waals surface area contributed by atoms with Crippen LogP contribution < -0.4 is 5.73 Å². The second kappa shape index (κ2) is 8.51. The number of hydrogen-bond donors (Lipinski definition) is 6. The van der Waals surface area contributed by atoms with Crippen molar-refractivity contribution in [2.45, 2.75) is 25.0 Å². The van der Waals surface area contributed by atoms with Crippen molar-refractivity contribution in [3.63, 3.8) is 0 Å². The van der Waals surface area contributed by atoms with Crippen LogP contribution in [0.1, 0.15) is 45.2 Å². The lowest BCUT2D eigenvalue weighted by Crippen LogP contribution is -2.62. The summed E-state index contributed by atoms with van der Waals surface area (Å²) >= 11 is 0. The summed E-state index contributed by atoms with van der Waals surface area (Å²) in [5.41, 5.74) is 1.94. The Kier molecular flexibility index (Phi) is 5.62. The van der Waals surface area contributed by atoms with Gasteiger partial charge in [0.05, 0.1) is 17.2 Å². The highest BCUT2D eigenvalue weighted by atomic mass is 16.4. The van der Waals surface area contributed by atoms with E-state index in [1.807, 2.05) is 0 Å². The molecule has 38 heavy (non-hydrogen) atoms. The van der Waals surface area contributed by atoms with Crippen LogP contribution >= 0.6 is 0 Å². The Bertz CT molecular complexity index is 1560. The van der Waals surface area contributed by atoms with E-state index in [4.69, 9.17) is 5.73 Å². The van der Waals surface area contributed by atoms with Crippen molar-refractivity contribution < 1.29 is 44.7 Å². The number of phenolic OH excluding ortho intramolecular Hbond substituents is 1. The Hall–Kier alpha value is -4.54. The van der Waals surface area contributed by atoms with Crippen LogP contribution in [-0.4, -0.2) is 60.5 Å². The molecule has 10 heteroatoms. The average Bonchev–Trinajstić information content (AvgIpc) is 2.86. The molecule has 0 saturated heterocycles. The van der Waals surface area contributed by atoms with E-state index in [1.54, 1.807) is 30.3 Å². The van der Waals surface area contributed by atoms with Crippen LogP contribution in [0.2, 0.25) is 0 Å². The third-order valence-electron chi connectivity index (χ3n) is 7.51. The summed E-state index contributed by atoms with van der Waals surface area (Å²) in [5, 5.41) is 55.2. The molecular formula is C28H23NO9. The number of carbonyl (C=O) groups excluding carboxylic acids is 4. The Morgan fingerprint density at radius 2 is 1.76 bits per heavy atom. The number of benzene rings is 2. The standard InChI is InChI=1S/C28H23NO9/c1-11(30)13-5-2-4-12(8-13)9-15-14-6-3-7-17(31)19(14)24(34)22-20(15)23(33)16-10-18(32)21(27(29)37)25(35)28(16,38)26(22)36/h2-9,16,20,23,31-33,36,38H,10H2,1H3,(H2,29,37)/b15-9+. The molecule has 1 amide bonds. The Morgan fingerprint density at radius 3 is 2.42 bits per heavy atom. The van der Waals surface area contributed by atoms with Gasteiger partial charge >= 0.3 is 0 Å². The first kappa shape index (κ1) is 25.1. The lowest BCUT2D eigenvalue weighted by molar-refractivity contribution is -0.152. The van der Waals surface area contributed by atoms with E-state index in [0.29, 0.717) is 11.1 Å². The number of carbonyl (C=O) groups is 4. The number of primary amides is 1. The number of Topliss-reactive ketones (excluding diaryl/α,β-unsaturated/α-hetero) is 3. The molecule has 7 N–H and O–H groups in total. The lowest BCUT2D eigenvalue weighted by atomic mass is 9.57. The van der Waals surface area contributed by atoms with E-state index < -0.39 is 75.8 Å². The van der Waals surface area contributed by atoms with Gasteiger partial charge in [0.25, 0.3) is 5.91 Å². The third-order valence-corrected chi connectivity index (χ3v) is 7.51. The number of rotatable bonds is 3. The maximum atomic E-state index is 13.6. The number of ketones is 3. The molecule has 0 aromatic heterocycles. The van der Waals surface area contributed by atoms with Crippen molar-refractivity contribution in [1.82, 2.24) is 0 Å². The zero-order chi connectivity index (χ0) is 27.7. The minimum absolute atomic E-state index is 0.198. The summed E-state index contributed by atoms with van der Waals surface area (Å²) in [6.07, 6.45) is -0.741. The predicted molar refractivity (Wildman–Crippen MR) is 133 cm³/mol. The van der Waals surface area contributed by atoms with Gasteiger partial charge in [-0.1, -0.05) is 36.4 Å². The van der Waals surface area contributed by atoms with Gasteiger partial charge in [-0.05, 0) is 35.8 Å². The maximum absolute atomic E-state index is 13.6. The topological polar surface area (TPSA) is 195 Å². The van der Waals surface area contributed by atoms with Crippen molar-refractivity contribution >= 4 is 34.9 Å². The summed E-state index contributed by atoms with van der Waals surface area (Å²) < 4.78 is 0. The molecule has 0 bridgehead atoms. The zero-order valence-electron chi connectivity index (χ0n) is 20.0. The van der Waals surface area contributed by atoms with E-state index in [1.165, 1.54) is 25.1 Å². The number of aliphatic hydroxyl groups excluding tert-OH is 3. The van der Waals surface area contributed by atoms with Crippen molar-refractivity contribution in [3.05, 3.63) is 87.4 Å². The molecule has 0 spiro atoms. The average molecular weight is 517 g/mol. The van der Waals surface area contributed by atoms with Crippen LogP contribution in [0, 0.1) is 11.8 Å². The predicted octanol–water partition coefficient (Wildman–Crippen LogP) is 1.75. The van der Waals surface area contributed by atoms with E-state index in [9.17, 15) is 44.7 Å². The van der Waals surface area contributed by atoms with Gasteiger partial charge in [0.15, 0.2) is 17.2 Å². The minimum atomic E-state index is -2.93. The number of fused-ring (bicyclic) bond motifs is 3. The fraction of sp³-hybridized carbons (Fsp3) is 0.214. The number of allylic oxidation sites excluding steroid dienone is 1. The normalized spacial score (nSPS) is 27.7. The lowest BCUT2D eigenvalue weighted by Gasteiger charge is -2.49. The first-order valence-corrected chi connectivity index (χ1v) is 11.7. The number of hydrogen-bond acceptors (Lipinski definition) is 9. The van der Waals surface area contributed by atoms with Crippen molar-refractivity contribution in [3.8, 4) is 5.75 Å². The van der Waals surface area contributed by atoms with Gasteiger partial charge < -0.3 is 31.3 Å². The largest absolute Gasteiger partial charge is 0.511 e. The zero-order valence-corrected chi connectivity index (χ0v) is 20.0. The second-order valence-electron chi connectivity index (χ2n) is 9.63. The molecule has 0 aliphatic heterocycles. The molecule has 0 heterocycles. The number of amides is 1. The van der Waals surface area contributed by atoms with Gasteiger partial charge in [0.2, 0.25) is 5.78 Å². The first-order valence-electron chi connectivity index (χ1n) is 11.7. The molecule has 10 nitrogen and oxygen atoms in total. The highest BCUT2D eigenvalue weighted by Gasteiger charge is 2.63. The highest BCUT2D eigenvalue weighted by Crippen LogP contribution is 2.55. The number of phenols is 1. The molecule has 194 valence electrons. The van der Waals surface area contributed by atoms with Gasteiger partial charge in [-0.15, -0.1) is 0 Å². The van der Waals surface area contributed by atoms with Crippen LogP contribution in [0.3, 0.4) is 0 Å². The van der Waals surface area contributed by atoms with Gasteiger partial charge in [-0.2, -0.15) is 0 Å². The van der Waals surface area contributed by atoms with Gasteiger partial charge in [0.1, 0.15) is 22.8 Å². The molecule has 4 atom stereocenters. The monoisotopic (exact) mass is 517 g/mol. The fourth-order valence-electron chi connectivity index (χ4n) is 5.71. The Labute approximate surface area is 215 Å². The van der Waals surface area contributed by atoms with Crippen LogP contribution in [0.25, 0.3) is 11.6 Å². The first-order chi connectivity index (χ1) is 17.9. The van der Waals surface area contributed by atoms with Gasteiger partial charge in [0, 0.05) is 23.8 Å². The van der Waals surface area contributed by atoms with Crippen LogP contribution in [0.5, 0.6) is 5.75 Å². The maximum Gasteiger partial charge on any atom is 0.255 e. The molecule has 5 rings (SSSR count).